The summed E-state index contributed by atoms with van der Waals surface area (Å²) in [6.07, 6.45) is -7.45. The van der Waals surface area contributed by atoms with Crippen LogP contribution in [-0.2, 0) is 25.0 Å². The molecule has 0 aliphatic carbocycles. The Hall–Kier alpha value is -2.84. The number of anilines is 1. The van der Waals surface area contributed by atoms with Gasteiger partial charge in [0.05, 0.1) is 19.5 Å². The van der Waals surface area contributed by atoms with E-state index in [1.165, 1.54) is 6.07 Å². The Balaban J connectivity index is 1.45. The first-order valence-electron chi connectivity index (χ1n) is 9.69. The molecule has 0 amide bonds. The minimum atomic E-state index is -4.50. The van der Waals surface area contributed by atoms with Crippen molar-refractivity contribution in [3.63, 3.8) is 0 Å². The highest BCUT2D eigenvalue weighted by atomic mass is 31.2. The highest BCUT2D eigenvalue weighted by Gasteiger charge is 2.71. The molecule has 0 radical (unpaired) electrons. The van der Waals surface area contributed by atoms with E-state index in [-0.39, 0.29) is 29.3 Å². The van der Waals surface area contributed by atoms with Gasteiger partial charge in [-0.3, -0.25) is 13.6 Å². The molecule has 0 saturated carbocycles. The Bertz CT molecular complexity index is 1290. The Labute approximate surface area is 188 Å². The normalized spacial score (nSPS) is 30.4. The lowest BCUT2D eigenvalue weighted by Crippen LogP contribution is -2.54. The van der Waals surface area contributed by atoms with E-state index in [1.54, 1.807) is 18.2 Å². The third-order valence-corrected chi connectivity index (χ3v) is 6.82. The maximum Gasteiger partial charge on any atom is 0.530 e. The van der Waals surface area contributed by atoms with Gasteiger partial charge in [0.25, 0.3) is 6.43 Å². The molecule has 4 heterocycles. The monoisotopic (exact) mass is 505 g/mol. The summed E-state index contributed by atoms with van der Waals surface area (Å²) in [5.41, 5.74) is 2.54. The molecule has 1 aromatic carbocycles. The lowest BCUT2D eigenvalue weighted by atomic mass is 9.96. The summed E-state index contributed by atoms with van der Waals surface area (Å²) >= 11 is 0. The van der Waals surface area contributed by atoms with Crippen molar-refractivity contribution in [1.82, 2.24) is 19.5 Å². The summed E-state index contributed by atoms with van der Waals surface area (Å²) < 4.78 is 92.2. The number of hydrogen-bond donors (Lipinski definition) is 2. The summed E-state index contributed by atoms with van der Waals surface area (Å²) in [6.45, 7) is -1.68. The first kappa shape index (κ1) is 22.9. The number of fused-ring (bicyclic) bond motifs is 2. The van der Waals surface area contributed by atoms with Crippen LogP contribution in [0.4, 0.5) is 23.4 Å². The maximum atomic E-state index is 15.1. The molecular weight excluding hydrogens is 489 g/mol. The summed E-state index contributed by atoms with van der Waals surface area (Å²) in [5.74, 6) is -4.30. The molecule has 11 nitrogen and oxygen atoms in total. The largest absolute Gasteiger partial charge is 0.530 e. The molecule has 0 bridgehead atoms. The molecule has 2 aromatic heterocycles. The van der Waals surface area contributed by atoms with E-state index in [0.717, 1.165) is 12.7 Å². The number of benzene rings is 1. The fraction of sp³-hybridized carbons (Fsp3) is 0.389. The zero-order chi connectivity index (χ0) is 24.3. The molecular formula is C18H16F4N5O6P. The van der Waals surface area contributed by atoms with Crippen molar-refractivity contribution in [2.24, 2.45) is 0 Å². The number of hydrogen-bond acceptors (Lipinski definition) is 10. The molecule has 2 aliphatic heterocycles. The summed E-state index contributed by atoms with van der Waals surface area (Å²) in [6, 6.07) is 6.29. The maximum absolute atomic E-state index is 15.1. The molecule has 4 atom stereocenters. The van der Waals surface area contributed by atoms with Crippen LogP contribution in [-0.4, -0.2) is 55.3 Å². The van der Waals surface area contributed by atoms with Crippen LogP contribution in [0.15, 0.2) is 36.9 Å². The number of phosphoric acid groups is 1. The molecule has 1 saturated heterocycles. The molecule has 1 unspecified atom stereocenters. The van der Waals surface area contributed by atoms with Crippen LogP contribution in [0.25, 0.3) is 11.2 Å². The molecule has 1 fully saturated rings. The van der Waals surface area contributed by atoms with Gasteiger partial charge in [-0.2, -0.15) is 8.78 Å². The number of aliphatic hydroxyl groups excluding tert-OH is 1. The third-order valence-electron chi connectivity index (χ3n) is 5.51. The van der Waals surface area contributed by atoms with E-state index in [0.29, 0.717) is 10.1 Å². The Morgan fingerprint density at radius 2 is 2.06 bits per heavy atom. The number of phosphoric ester groups is 1. The fourth-order valence-electron chi connectivity index (χ4n) is 3.69. The topological polar surface area (TPSA) is 144 Å². The smallest absolute Gasteiger partial charge is 0.404 e. The van der Waals surface area contributed by atoms with Crippen LogP contribution >= 0.6 is 7.82 Å². The van der Waals surface area contributed by atoms with E-state index < -0.39 is 44.7 Å². The van der Waals surface area contributed by atoms with Crippen LogP contribution in [0.1, 0.15) is 11.8 Å². The van der Waals surface area contributed by atoms with E-state index in [1.807, 2.05) is 0 Å². The van der Waals surface area contributed by atoms with E-state index in [2.05, 4.69) is 15.0 Å². The van der Waals surface area contributed by atoms with Gasteiger partial charge in [-0.25, -0.2) is 28.3 Å². The van der Waals surface area contributed by atoms with Crippen LogP contribution in [0.5, 0.6) is 5.75 Å². The highest BCUT2D eigenvalue weighted by Crippen LogP contribution is 2.57. The van der Waals surface area contributed by atoms with Crippen LogP contribution < -0.4 is 10.3 Å². The summed E-state index contributed by atoms with van der Waals surface area (Å²) in [4.78, 5) is 11.3. The minimum absolute atomic E-state index is 0.0747. The number of aromatic nitrogens is 4. The van der Waals surface area contributed by atoms with Gasteiger partial charge in [0.1, 0.15) is 17.6 Å². The molecule has 0 spiro atoms. The van der Waals surface area contributed by atoms with Crippen LogP contribution in [0.2, 0.25) is 0 Å². The third kappa shape index (κ3) is 3.43. The summed E-state index contributed by atoms with van der Waals surface area (Å²) in [7, 11) is -4.50. The van der Waals surface area contributed by atoms with E-state index in [9.17, 15) is 18.5 Å². The van der Waals surface area contributed by atoms with Gasteiger partial charge >= 0.3 is 13.7 Å². The second-order valence-corrected chi connectivity index (χ2v) is 9.17. The number of para-hydroxylation sites is 1. The number of nitrogens with two attached hydrogens (primary N) is 1. The van der Waals surface area contributed by atoms with Crippen molar-refractivity contribution in [3.05, 3.63) is 42.5 Å². The number of ether oxygens (including phenoxy) is 1. The predicted molar refractivity (Wildman–Crippen MR) is 105 cm³/mol. The SMILES string of the molecule is Nc1ncnc2c1ncn2[C@@H]1O[C@@](COP2(=O)OCc3ccccc3O2)(C(F)F)[C@@H](O)C1(F)F. The number of halogens is 4. The van der Waals surface area contributed by atoms with Gasteiger partial charge in [0.2, 0.25) is 6.23 Å². The Morgan fingerprint density at radius 3 is 2.82 bits per heavy atom. The van der Waals surface area contributed by atoms with Crippen molar-refractivity contribution >= 4 is 24.8 Å². The molecule has 5 rings (SSSR count). The molecule has 3 N–H and O–H groups in total. The first-order valence-corrected chi connectivity index (χ1v) is 11.1. The van der Waals surface area contributed by atoms with Gasteiger partial charge in [-0.15, -0.1) is 0 Å². The number of aliphatic hydroxyl groups is 1. The van der Waals surface area contributed by atoms with Gasteiger partial charge in [-0.1, -0.05) is 18.2 Å². The minimum Gasteiger partial charge on any atom is -0.404 e. The second-order valence-electron chi connectivity index (χ2n) is 7.58. The molecule has 2 aliphatic rings. The van der Waals surface area contributed by atoms with E-state index in [4.69, 9.17) is 24.0 Å². The zero-order valence-corrected chi connectivity index (χ0v) is 17.8. The van der Waals surface area contributed by atoms with E-state index >= 15 is 8.78 Å². The lowest BCUT2D eigenvalue weighted by Gasteiger charge is -2.32. The molecule has 3 aromatic rings. The number of alkyl halides is 4. The summed E-state index contributed by atoms with van der Waals surface area (Å²) in [5, 5.41) is 10.3. The second kappa shape index (κ2) is 7.85. The fourth-order valence-corrected chi connectivity index (χ4v) is 4.95. The van der Waals surface area contributed by atoms with Gasteiger partial charge < -0.3 is 20.1 Å². The number of imidazole rings is 1. The highest BCUT2D eigenvalue weighted by molar-refractivity contribution is 7.49. The molecule has 182 valence electrons. The Morgan fingerprint density at radius 1 is 1.29 bits per heavy atom. The van der Waals surface area contributed by atoms with Crippen LogP contribution in [0.3, 0.4) is 0 Å². The molecule has 34 heavy (non-hydrogen) atoms. The number of nitrogen functional groups attached to an aromatic ring is 1. The molecule has 16 heteroatoms. The first-order chi connectivity index (χ1) is 16.1. The number of rotatable bonds is 5. The van der Waals surface area contributed by atoms with Gasteiger partial charge in [0, 0.05) is 5.56 Å². The Kier molecular flexibility index (Phi) is 5.29. The van der Waals surface area contributed by atoms with Crippen molar-refractivity contribution in [2.75, 3.05) is 12.3 Å². The van der Waals surface area contributed by atoms with Crippen molar-refractivity contribution < 1.29 is 45.5 Å². The average Bonchev–Trinajstić information content (AvgIpc) is 3.31. The van der Waals surface area contributed by atoms with Crippen LogP contribution in [0, 0.1) is 0 Å². The van der Waals surface area contributed by atoms with Crippen molar-refractivity contribution in [3.8, 4) is 5.75 Å². The predicted octanol–water partition coefficient (Wildman–Crippen LogP) is 2.67. The standard InChI is InChI=1S/C18H16F4N5O6P/c19-15(20)17(6-31-34(29)30-5-9-3-1-2-4-10(9)33-34)14(28)18(21,22)16(32-17)27-8-26-11-12(23)24-7-25-13(11)27/h1-4,7-8,14-16,28H,5-6H2,(H2,23,24,25)/t14-,16-,17-,34?/m1/s1. The van der Waals surface area contributed by atoms with Crippen molar-refractivity contribution in [1.29, 1.82) is 0 Å². The van der Waals surface area contributed by atoms with Crippen molar-refractivity contribution in [2.45, 2.75) is 36.9 Å². The number of nitrogens with zero attached hydrogens (tertiary/aromatic N) is 4. The quantitative estimate of drug-likeness (QED) is 0.392. The zero-order valence-electron chi connectivity index (χ0n) is 16.9. The van der Waals surface area contributed by atoms with Gasteiger partial charge in [-0.05, 0) is 6.07 Å². The lowest BCUT2D eigenvalue weighted by molar-refractivity contribution is -0.193. The average molecular weight is 505 g/mol. The van der Waals surface area contributed by atoms with Gasteiger partial charge in [0.15, 0.2) is 23.2 Å².